The standard InChI is InChI=1S/C13H17BrN4/c1-8(2)18-12(7-15)16-17-13(18)10-5-4-6-11(14)9(10)3/h4-6,8H,7,15H2,1-3H3. The van der Waals surface area contributed by atoms with Crippen molar-refractivity contribution in [2.45, 2.75) is 33.4 Å². The number of halogens is 1. The van der Waals surface area contributed by atoms with Gasteiger partial charge in [0.05, 0.1) is 6.54 Å². The minimum absolute atomic E-state index is 0.284. The second-order valence-electron chi connectivity index (χ2n) is 4.52. The Morgan fingerprint density at radius 2 is 2.06 bits per heavy atom. The SMILES string of the molecule is Cc1c(Br)cccc1-c1nnc(CN)n1C(C)C. The Bertz CT molecular complexity index is 560. The average molecular weight is 309 g/mol. The van der Waals surface area contributed by atoms with E-state index >= 15 is 0 Å². The minimum atomic E-state index is 0.284. The highest BCUT2D eigenvalue weighted by molar-refractivity contribution is 9.10. The summed E-state index contributed by atoms with van der Waals surface area (Å²) in [4.78, 5) is 0. The summed E-state index contributed by atoms with van der Waals surface area (Å²) in [5.74, 6) is 1.70. The van der Waals surface area contributed by atoms with E-state index in [0.717, 1.165) is 27.2 Å². The van der Waals surface area contributed by atoms with Crippen LogP contribution in [-0.2, 0) is 6.54 Å². The quantitative estimate of drug-likeness (QED) is 0.948. The number of rotatable bonds is 3. The van der Waals surface area contributed by atoms with Crippen molar-refractivity contribution < 1.29 is 0 Å². The van der Waals surface area contributed by atoms with Gasteiger partial charge in [-0.05, 0) is 32.4 Å². The van der Waals surface area contributed by atoms with Crippen LogP contribution in [0.25, 0.3) is 11.4 Å². The van der Waals surface area contributed by atoms with Gasteiger partial charge in [0.2, 0.25) is 0 Å². The molecule has 0 spiro atoms. The molecular weight excluding hydrogens is 292 g/mol. The van der Waals surface area contributed by atoms with Gasteiger partial charge < -0.3 is 10.3 Å². The molecule has 0 fully saturated rings. The largest absolute Gasteiger partial charge is 0.324 e. The van der Waals surface area contributed by atoms with Crippen LogP contribution in [0.3, 0.4) is 0 Å². The highest BCUT2D eigenvalue weighted by atomic mass is 79.9. The molecule has 0 radical (unpaired) electrons. The van der Waals surface area contributed by atoms with Gasteiger partial charge in [-0.15, -0.1) is 10.2 Å². The van der Waals surface area contributed by atoms with Crippen molar-refractivity contribution in [3.63, 3.8) is 0 Å². The van der Waals surface area contributed by atoms with Crippen LogP contribution in [0, 0.1) is 6.92 Å². The van der Waals surface area contributed by atoms with Gasteiger partial charge in [-0.1, -0.05) is 28.1 Å². The molecule has 5 heteroatoms. The van der Waals surface area contributed by atoms with Gasteiger partial charge in [-0.3, -0.25) is 0 Å². The van der Waals surface area contributed by atoms with E-state index in [-0.39, 0.29) is 6.04 Å². The van der Waals surface area contributed by atoms with Gasteiger partial charge in [-0.2, -0.15) is 0 Å². The third-order valence-electron chi connectivity index (χ3n) is 2.97. The van der Waals surface area contributed by atoms with E-state index in [9.17, 15) is 0 Å². The molecule has 0 aliphatic rings. The van der Waals surface area contributed by atoms with Crippen LogP contribution in [0.1, 0.15) is 31.3 Å². The molecule has 96 valence electrons. The maximum Gasteiger partial charge on any atom is 0.164 e. The Hall–Kier alpha value is -1.20. The molecule has 1 aromatic heterocycles. The number of aromatic nitrogens is 3. The first-order valence-corrected chi connectivity index (χ1v) is 6.75. The minimum Gasteiger partial charge on any atom is -0.324 e. The van der Waals surface area contributed by atoms with E-state index in [4.69, 9.17) is 5.73 Å². The van der Waals surface area contributed by atoms with Crippen molar-refractivity contribution in [3.8, 4) is 11.4 Å². The lowest BCUT2D eigenvalue weighted by molar-refractivity contribution is 0.574. The summed E-state index contributed by atoms with van der Waals surface area (Å²) in [6.45, 7) is 6.69. The van der Waals surface area contributed by atoms with Gasteiger partial charge >= 0.3 is 0 Å². The van der Waals surface area contributed by atoms with Crippen LogP contribution in [0.2, 0.25) is 0 Å². The monoisotopic (exact) mass is 308 g/mol. The summed E-state index contributed by atoms with van der Waals surface area (Å²) in [6, 6.07) is 6.38. The topological polar surface area (TPSA) is 56.7 Å². The number of hydrogen-bond donors (Lipinski definition) is 1. The van der Waals surface area contributed by atoms with Crippen LogP contribution < -0.4 is 5.73 Å². The Morgan fingerprint density at radius 3 is 2.67 bits per heavy atom. The Balaban J connectivity index is 2.64. The van der Waals surface area contributed by atoms with Crippen LogP contribution in [0.4, 0.5) is 0 Å². The number of nitrogens with zero attached hydrogens (tertiary/aromatic N) is 3. The maximum absolute atomic E-state index is 5.72. The summed E-state index contributed by atoms with van der Waals surface area (Å²) < 4.78 is 3.17. The lowest BCUT2D eigenvalue weighted by Gasteiger charge is -2.15. The molecule has 2 rings (SSSR count). The summed E-state index contributed by atoms with van der Waals surface area (Å²) in [5, 5.41) is 8.47. The van der Waals surface area contributed by atoms with Crippen LogP contribution in [0.15, 0.2) is 22.7 Å². The van der Waals surface area contributed by atoms with Gasteiger partial charge in [0.25, 0.3) is 0 Å². The summed E-state index contributed by atoms with van der Waals surface area (Å²) >= 11 is 3.55. The van der Waals surface area contributed by atoms with Crippen molar-refractivity contribution >= 4 is 15.9 Å². The lowest BCUT2D eigenvalue weighted by Crippen LogP contribution is -2.11. The number of nitrogens with two attached hydrogens (primary N) is 1. The second-order valence-corrected chi connectivity index (χ2v) is 5.37. The summed E-state index contributed by atoms with van der Waals surface area (Å²) in [5.41, 5.74) is 7.97. The fourth-order valence-electron chi connectivity index (χ4n) is 2.04. The molecule has 0 amide bonds. The smallest absolute Gasteiger partial charge is 0.164 e. The van der Waals surface area contributed by atoms with E-state index in [1.54, 1.807) is 0 Å². The van der Waals surface area contributed by atoms with Gasteiger partial charge in [0.15, 0.2) is 5.82 Å². The first kappa shape index (κ1) is 13.2. The van der Waals surface area contributed by atoms with Crippen molar-refractivity contribution in [3.05, 3.63) is 34.1 Å². The fourth-order valence-corrected chi connectivity index (χ4v) is 2.41. The second kappa shape index (κ2) is 5.20. The van der Waals surface area contributed by atoms with E-state index in [0.29, 0.717) is 6.54 Å². The van der Waals surface area contributed by atoms with E-state index in [1.807, 2.05) is 12.1 Å². The van der Waals surface area contributed by atoms with Crippen LogP contribution in [0.5, 0.6) is 0 Å². The average Bonchev–Trinajstić information content (AvgIpc) is 2.76. The van der Waals surface area contributed by atoms with E-state index in [2.05, 4.69) is 57.5 Å². The zero-order chi connectivity index (χ0) is 13.3. The molecule has 0 atom stereocenters. The zero-order valence-electron chi connectivity index (χ0n) is 10.8. The van der Waals surface area contributed by atoms with Crippen molar-refractivity contribution in [1.29, 1.82) is 0 Å². The van der Waals surface area contributed by atoms with Crippen molar-refractivity contribution in [1.82, 2.24) is 14.8 Å². The maximum atomic E-state index is 5.72. The molecule has 4 nitrogen and oxygen atoms in total. The van der Waals surface area contributed by atoms with Crippen molar-refractivity contribution in [2.75, 3.05) is 0 Å². The van der Waals surface area contributed by atoms with E-state index < -0.39 is 0 Å². The molecule has 0 saturated heterocycles. The highest BCUT2D eigenvalue weighted by Gasteiger charge is 2.17. The normalized spacial score (nSPS) is 11.2. The molecule has 0 unspecified atom stereocenters. The lowest BCUT2D eigenvalue weighted by atomic mass is 10.1. The van der Waals surface area contributed by atoms with Gasteiger partial charge in [-0.25, -0.2) is 0 Å². The Morgan fingerprint density at radius 1 is 1.33 bits per heavy atom. The molecule has 0 aliphatic carbocycles. The molecular formula is C13H17BrN4. The Kier molecular flexibility index (Phi) is 3.82. The zero-order valence-corrected chi connectivity index (χ0v) is 12.4. The van der Waals surface area contributed by atoms with Crippen LogP contribution in [-0.4, -0.2) is 14.8 Å². The molecule has 1 heterocycles. The molecule has 0 saturated carbocycles. The van der Waals surface area contributed by atoms with Crippen LogP contribution >= 0.6 is 15.9 Å². The molecule has 18 heavy (non-hydrogen) atoms. The van der Waals surface area contributed by atoms with Gasteiger partial charge in [0.1, 0.15) is 5.82 Å². The predicted octanol–water partition coefficient (Wildman–Crippen LogP) is 3.06. The number of hydrogen-bond acceptors (Lipinski definition) is 3. The first-order chi connectivity index (χ1) is 8.56. The highest BCUT2D eigenvalue weighted by Crippen LogP contribution is 2.29. The molecule has 1 aromatic carbocycles. The van der Waals surface area contributed by atoms with E-state index in [1.165, 1.54) is 0 Å². The molecule has 0 bridgehead atoms. The molecule has 2 aromatic rings. The molecule has 2 N–H and O–H groups in total. The predicted molar refractivity (Wildman–Crippen MR) is 76.2 cm³/mol. The fraction of sp³-hybridized carbons (Fsp3) is 0.385. The third kappa shape index (κ3) is 2.20. The van der Waals surface area contributed by atoms with Gasteiger partial charge in [0, 0.05) is 16.1 Å². The first-order valence-electron chi connectivity index (χ1n) is 5.95. The molecule has 0 aliphatic heterocycles. The number of benzene rings is 1. The summed E-state index contributed by atoms with van der Waals surface area (Å²) in [6.07, 6.45) is 0. The summed E-state index contributed by atoms with van der Waals surface area (Å²) in [7, 11) is 0. The third-order valence-corrected chi connectivity index (χ3v) is 3.83. The Labute approximate surface area is 115 Å². The van der Waals surface area contributed by atoms with Crippen molar-refractivity contribution in [2.24, 2.45) is 5.73 Å².